The van der Waals surface area contributed by atoms with Crippen LogP contribution in [-0.4, -0.2) is 24.6 Å². The summed E-state index contributed by atoms with van der Waals surface area (Å²) in [6.45, 7) is 2.59. The van der Waals surface area contributed by atoms with Gasteiger partial charge >= 0.3 is 0 Å². The van der Waals surface area contributed by atoms with Crippen LogP contribution in [0.5, 0.6) is 5.75 Å². The molecule has 0 saturated carbocycles. The number of nitrogens with zero attached hydrogens (tertiary/aromatic N) is 1. The lowest BCUT2D eigenvalue weighted by molar-refractivity contribution is -0.384. The summed E-state index contributed by atoms with van der Waals surface area (Å²) < 4.78 is 5.56. The fourth-order valence-corrected chi connectivity index (χ4v) is 2.04. The Morgan fingerprint density at radius 3 is 3.00 bits per heavy atom. The molecule has 1 N–H and O–H groups in total. The molecule has 0 amide bonds. The Balaban J connectivity index is 1.97. The second-order valence-corrected chi connectivity index (χ2v) is 4.45. The van der Waals surface area contributed by atoms with Gasteiger partial charge in [0.05, 0.1) is 11.5 Å². The molecule has 1 aromatic rings. The second kappa shape index (κ2) is 5.33. The third kappa shape index (κ3) is 3.08. The summed E-state index contributed by atoms with van der Waals surface area (Å²) in [6.07, 6.45) is 1.10. The third-order valence-electron chi connectivity index (χ3n) is 2.76. The maximum Gasteiger partial charge on any atom is 0.288 e. The number of halogens is 1. The van der Waals surface area contributed by atoms with E-state index in [2.05, 4.69) is 5.32 Å². The van der Waals surface area contributed by atoms with Crippen LogP contribution in [0.1, 0.15) is 6.42 Å². The summed E-state index contributed by atoms with van der Waals surface area (Å²) >= 11 is 5.79. The van der Waals surface area contributed by atoms with Crippen molar-refractivity contribution in [2.24, 2.45) is 5.92 Å². The topological polar surface area (TPSA) is 64.4 Å². The van der Waals surface area contributed by atoms with Gasteiger partial charge in [-0.1, -0.05) is 11.6 Å². The Kier molecular flexibility index (Phi) is 3.81. The predicted molar refractivity (Wildman–Crippen MR) is 64.6 cm³/mol. The molecule has 2 rings (SSSR count). The van der Waals surface area contributed by atoms with Crippen LogP contribution in [0.3, 0.4) is 0 Å². The maximum atomic E-state index is 10.6. The number of benzene rings is 1. The van der Waals surface area contributed by atoms with Crippen molar-refractivity contribution in [3.05, 3.63) is 33.3 Å². The number of hydrogen-bond acceptors (Lipinski definition) is 4. The SMILES string of the molecule is O=[N+]([O-])c1ccc(OCC2CCNC2)cc1Cl. The summed E-state index contributed by atoms with van der Waals surface area (Å²) in [5.74, 6) is 1.08. The van der Waals surface area contributed by atoms with E-state index in [0.717, 1.165) is 19.5 Å². The van der Waals surface area contributed by atoms with Gasteiger partial charge in [-0.3, -0.25) is 10.1 Å². The molecule has 0 spiro atoms. The maximum absolute atomic E-state index is 10.6. The van der Waals surface area contributed by atoms with Crippen LogP contribution in [0, 0.1) is 16.0 Å². The molecule has 1 unspecified atom stereocenters. The zero-order chi connectivity index (χ0) is 12.3. The number of nitrogens with one attached hydrogen (secondary N) is 1. The first-order valence-electron chi connectivity index (χ1n) is 5.44. The molecular weight excluding hydrogens is 244 g/mol. The predicted octanol–water partition coefficient (Wildman–Crippen LogP) is 2.24. The van der Waals surface area contributed by atoms with Gasteiger partial charge < -0.3 is 10.1 Å². The van der Waals surface area contributed by atoms with Crippen LogP contribution >= 0.6 is 11.6 Å². The van der Waals surface area contributed by atoms with Crippen LogP contribution in [0.4, 0.5) is 5.69 Å². The van der Waals surface area contributed by atoms with Gasteiger partial charge in [0.1, 0.15) is 10.8 Å². The molecule has 1 heterocycles. The van der Waals surface area contributed by atoms with Gasteiger partial charge in [0.25, 0.3) is 5.69 Å². The number of nitro groups is 1. The summed E-state index contributed by atoms with van der Waals surface area (Å²) in [5, 5.41) is 13.9. The van der Waals surface area contributed by atoms with Crippen molar-refractivity contribution in [2.75, 3.05) is 19.7 Å². The van der Waals surface area contributed by atoms with E-state index in [1.807, 2.05) is 0 Å². The Hall–Kier alpha value is -1.33. The van der Waals surface area contributed by atoms with Crippen LogP contribution in [0.15, 0.2) is 18.2 Å². The van der Waals surface area contributed by atoms with Gasteiger partial charge in [-0.05, 0) is 19.0 Å². The minimum absolute atomic E-state index is 0.0958. The highest BCUT2D eigenvalue weighted by atomic mass is 35.5. The van der Waals surface area contributed by atoms with Crippen molar-refractivity contribution in [2.45, 2.75) is 6.42 Å². The van der Waals surface area contributed by atoms with Gasteiger partial charge in [0.2, 0.25) is 0 Å². The fourth-order valence-electron chi connectivity index (χ4n) is 1.80. The highest BCUT2D eigenvalue weighted by Gasteiger charge is 2.16. The molecule has 92 valence electrons. The number of ether oxygens (including phenoxy) is 1. The molecule has 1 aliphatic rings. The van der Waals surface area contributed by atoms with Crippen molar-refractivity contribution in [1.29, 1.82) is 0 Å². The first-order valence-corrected chi connectivity index (χ1v) is 5.82. The zero-order valence-corrected chi connectivity index (χ0v) is 9.94. The Morgan fingerprint density at radius 1 is 1.59 bits per heavy atom. The largest absolute Gasteiger partial charge is 0.493 e. The molecule has 1 fully saturated rings. The lowest BCUT2D eigenvalue weighted by Crippen LogP contribution is -2.15. The Morgan fingerprint density at radius 2 is 2.41 bits per heavy atom. The standard InChI is InChI=1S/C11H13ClN2O3/c12-10-5-9(1-2-11(10)14(15)16)17-7-8-3-4-13-6-8/h1-2,5,8,13H,3-4,6-7H2. The Labute approximate surface area is 104 Å². The van der Waals surface area contributed by atoms with Crippen molar-refractivity contribution in [1.82, 2.24) is 5.32 Å². The van der Waals surface area contributed by atoms with E-state index in [4.69, 9.17) is 16.3 Å². The highest BCUT2D eigenvalue weighted by molar-refractivity contribution is 6.32. The molecule has 1 aliphatic heterocycles. The average Bonchev–Trinajstić information content (AvgIpc) is 2.78. The summed E-state index contributed by atoms with van der Waals surface area (Å²) in [5.41, 5.74) is -0.0958. The summed E-state index contributed by atoms with van der Waals surface area (Å²) in [6, 6.07) is 4.43. The van der Waals surface area contributed by atoms with Crippen LogP contribution in [-0.2, 0) is 0 Å². The summed E-state index contributed by atoms with van der Waals surface area (Å²) in [4.78, 5) is 10.1. The average molecular weight is 257 g/mol. The zero-order valence-electron chi connectivity index (χ0n) is 9.19. The minimum atomic E-state index is -0.507. The molecule has 1 aromatic carbocycles. The highest BCUT2D eigenvalue weighted by Crippen LogP contribution is 2.28. The smallest absolute Gasteiger partial charge is 0.288 e. The molecule has 6 heteroatoms. The molecule has 0 bridgehead atoms. The number of rotatable bonds is 4. The van der Waals surface area contributed by atoms with Crippen molar-refractivity contribution in [3.8, 4) is 5.75 Å². The van der Waals surface area contributed by atoms with E-state index in [1.54, 1.807) is 6.07 Å². The van der Waals surface area contributed by atoms with Crippen LogP contribution in [0.2, 0.25) is 5.02 Å². The van der Waals surface area contributed by atoms with Gasteiger partial charge in [0, 0.05) is 24.6 Å². The first-order chi connectivity index (χ1) is 8.16. The normalized spacial score (nSPS) is 19.2. The molecule has 1 atom stereocenters. The minimum Gasteiger partial charge on any atom is -0.493 e. The fraction of sp³-hybridized carbons (Fsp3) is 0.455. The van der Waals surface area contributed by atoms with E-state index in [9.17, 15) is 10.1 Å². The van der Waals surface area contributed by atoms with E-state index >= 15 is 0 Å². The van der Waals surface area contributed by atoms with Crippen molar-refractivity contribution < 1.29 is 9.66 Å². The van der Waals surface area contributed by atoms with Gasteiger partial charge in [0.15, 0.2) is 0 Å². The lowest BCUT2D eigenvalue weighted by Gasteiger charge is -2.10. The van der Waals surface area contributed by atoms with Gasteiger partial charge in [-0.25, -0.2) is 0 Å². The molecule has 1 saturated heterocycles. The van der Waals surface area contributed by atoms with E-state index in [-0.39, 0.29) is 10.7 Å². The van der Waals surface area contributed by atoms with Gasteiger partial charge in [-0.15, -0.1) is 0 Å². The van der Waals surface area contributed by atoms with E-state index < -0.39 is 4.92 Å². The second-order valence-electron chi connectivity index (χ2n) is 4.04. The van der Waals surface area contributed by atoms with Crippen LogP contribution in [0.25, 0.3) is 0 Å². The molecule has 0 aliphatic carbocycles. The van der Waals surface area contributed by atoms with Crippen LogP contribution < -0.4 is 10.1 Å². The Bertz CT molecular complexity index is 419. The molecule has 17 heavy (non-hydrogen) atoms. The summed E-state index contributed by atoms with van der Waals surface area (Å²) in [7, 11) is 0. The first kappa shape index (κ1) is 12.1. The molecule has 0 aromatic heterocycles. The van der Waals surface area contributed by atoms with E-state index in [0.29, 0.717) is 18.3 Å². The third-order valence-corrected chi connectivity index (χ3v) is 3.07. The molecule has 5 nitrogen and oxygen atoms in total. The lowest BCUT2D eigenvalue weighted by atomic mass is 10.1. The quantitative estimate of drug-likeness (QED) is 0.663. The van der Waals surface area contributed by atoms with Crippen molar-refractivity contribution in [3.63, 3.8) is 0 Å². The van der Waals surface area contributed by atoms with Crippen molar-refractivity contribution >= 4 is 17.3 Å². The number of nitro benzene ring substituents is 1. The van der Waals surface area contributed by atoms with E-state index in [1.165, 1.54) is 12.1 Å². The molecular formula is C11H13ClN2O3. The molecule has 0 radical (unpaired) electrons. The number of hydrogen-bond donors (Lipinski definition) is 1. The monoisotopic (exact) mass is 256 g/mol. The van der Waals surface area contributed by atoms with Gasteiger partial charge in [-0.2, -0.15) is 0 Å².